The summed E-state index contributed by atoms with van der Waals surface area (Å²) in [5.74, 6) is 1.38. The van der Waals surface area contributed by atoms with Crippen LogP contribution in [0.1, 0.15) is 21.5 Å². The van der Waals surface area contributed by atoms with Gasteiger partial charge in [0, 0.05) is 25.0 Å². The lowest BCUT2D eigenvalue weighted by molar-refractivity contribution is 0.0950. The second-order valence-electron chi connectivity index (χ2n) is 7.15. The van der Waals surface area contributed by atoms with Gasteiger partial charge in [0.1, 0.15) is 29.7 Å². The van der Waals surface area contributed by atoms with Crippen molar-refractivity contribution in [3.63, 3.8) is 0 Å². The predicted octanol–water partition coefficient (Wildman–Crippen LogP) is 4.50. The van der Waals surface area contributed by atoms with Crippen molar-refractivity contribution in [3.8, 4) is 17.4 Å². The summed E-state index contributed by atoms with van der Waals surface area (Å²) >= 11 is 0. The fourth-order valence-corrected chi connectivity index (χ4v) is 2.98. The summed E-state index contributed by atoms with van der Waals surface area (Å²) in [5, 5.41) is 2.81. The van der Waals surface area contributed by atoms with Gasteiger partial charge in [0.05, 0.1) is 5.56 Å². The van der Waals surface area contributed by atoms with Gasteiger partial charge >= 0.3 is 0 Å². The van der Waals surface area contributed by atoms with Crippen LogP contribution in [0.25, 0.3) is 0 Å². The molecule has 2 heterocycles. The lowest BCUT2D eigenvalue weighted by Crippen LogP contribution is -2.23. The Morgan fingerprint density at radius 1 is 0.939 bits per heavy atom. The number of aromatic nitrogens is 2. The fraction of sp³-hybridized carbons (Fsp3) is 0.0800. The number of rotatable bonds is 8. The first kappa shape index (κ1) is 21.8. The minimum Gasteiger partial charge on any atom is -0.489 e. The maximum atomic E-state index is 13.2. The summed E-state index contributed by atoms with van der Waals surface area (Å²) in [4.78, 5) is 20.4. The normalized spacial score (nSPS) is 10.5. The summed E-state index contributed by atoms with van der Waals surface area (Å²) in [7, 11) is 0. The average molecular weight is 444 g/mol. The van der Waals surface area contributed by atoms with Crippen molar-refractivity contribution in [2.24, 2.45) is 0 Å². The quantitative estimate of drug-likeness (QED) is 0.415. The van der Waals surface area contributed by atoms with Crippen LogP contribution in [-0.4, -0.2) is 15.9 Å². The van der Waals surface area contributed by atoms with Crippen LogP contribution in [0, 0.1) is 5.82 Å². The highest BCUT2D eigenvalue weighted by atomic mass is 19.1. The van der Waals surface area contributed by atoms with E-state index in [1.165, 1.54) is 18.3 Å². The Morgan fingerprint density at radius 2 is 1.76 bits per heavy atom. The molecule has 0 atom stereocenters. The highest BCUT2D eigenvalue weighted by Crippen LogP contribution is 2.23. The Labute approximate surface area is 190 Å². The molecule has 0 spiro atoms. The smallest absolute Gasteiger partial charge is 0.253 e. The van der Waals surface area contributed by atoms with Crippen molar-refractivity contribution in [1.29, 1.82) is 0 Å². The van der Waals surface area contributed by atoms with Gasteiger partial charge in [-0.15, -0.1) is 0 Å². The van der Waals surface area contributed by atoms with E-state index < -0.39 is 0 Å². The molecule has 2 aromatic heterocycles. The number of hydrogen-bond acceptors (Lipinski definition) is 6. The number of hydrogen-bond donors (Lipinski definition) is 2. The average Bonchev–Trinajstić information content (AvgIpc) is 2.83. The van der Waals surface area contributed by atoms with Crippen LogP contribution in [0.4, 0.5) is 10.2 Å². The van der Waals surface area contributed by atoms with Gasteiger partial charge in [-0.3, -0.25) is 4.79 Å². The van der Waals surface area contributed by atoms with Gasteiger partial charge in [-0.25, -0.2) is 14.4 Å². The SMILES string of the molecule is Nc1cc(CNC(=O)c2ccc(Oc3ccc(OCc4cccc(F)c4)cc3)nc2)ccn1. The van der Waals surface area contributed by atoms with Gasteiger partial charge in [-0.05, 0) is 65.7 Å². The van der Waals surface area contributed by atoms with Crippen LogP contribution >= 0.6 is 0 Å². The van der Waals surface area contributed by atoms with E-state index in [2.05, 4.69) is 15.3 Å². The van der Waals surface area contributed by atoms with E-state index in [9.17, 15) is 9.18 Å². The van der Waals surface area contributed by atoms with Gasteiger partial charge in [-0.2, -0.15) is 0 Å². The molecule has 33 heavy (non-hydrogen) atoms. The Hall–Kier alpha value is -4.46. The van der Waals surface area contributed by atoms with Crippen molar-refractivity contribution >= 4 is 11.7 Å². The van der Waals surface area contributed by atoms with Crippen molar-refractivity contribution < 1.29 is 18.7 Å². The van der Waals surface area contributed by atoms with Crippen molar-refractivity contribution in [2.45, 2.75) is 13.2 Å². The number of nitrogen functional groups attached to an aromatic ring is 1. The van der Waals surface area contributed by atoms with E-state index in [1.54, 1.807) is 66.9 Å². The number of anilines is 1. The molecule has 8 heteroatoms. The fourth-order valence-electron chi connectivity index (χ4n) is 2.98. The first-order valence-electron chi connectivity index (χ1n) is 10.1. The third-order valence-corrected chi connectivity index (χ3v) is 4.64. The lowest BCUT2D eigenvalue weighted by Gasteiger charge is -2.09. The number of pyridine rings is 2. The Bertz CT molecular complexity index is 1230. The molecule has 0 bridgehead atoms. The molecule has 0 aliphatic carbocycles. The highest BCUT2D eigenvalue weighted by molar-refractivity contribution is 5.93. The summed E-state index contributed by atoms with van der Waals surface area (Å²) in [6.07, 6.45) is 3.04. The first-order chi connectivity index (χ1) is 16.0. The molecule has 0 saturated carbocycles. The monoisotopic (exact) mass is 444 g/mol. The molecule has 166 valence electrons. The summed E-state index contributed by atoms with van der Waals surface area (Å²) in [6.45, 7) is 0.592. The molecule has 0 unspecified atom stereocenters. The van der Waals surface area contributed by atoms with Crippen molar-refractivity contribution in [3.05, 3.63) is 108 Å². The third-order valence-electron chi connectivity index (χ3n) is 4.64. The van der Waals surface area contributed by atoms with E-state index in [-0.39, 0.29) is 18.3 Å². The second kappa shape index (κ2) is 10.2. The molecule has 0 radical (unpaired) electrons. The molecule has 0 aliphatic rings. The van der Waals surface area contributed by atoms with Crippen LogP contribution < -0.4 is 20.5 Å². The topological polar surface area (TPSA) is 99.4 Å². The maximum absolute atomic E-state index is 13.2. The minimum absolute atomic E-state index is 0.260. The number of carbonyl (C=O) groups is 1. The number of halogens is 1. The zero-order valence-corrected chi connectivity index (χ0v) is 17.6. The number of amides is 1. The van der Waals surface area contributed by atoms with E-state index in [4.69, 9.17) is 15.2 Å². The standard InChI is InChI=1S/C25H21FN4O3/c26-20-3-1-2-18(12-20)16-32-21-5-7-22(8-6-21)33-24-9-4-19(15-29-24)25(31)30-14-17-10-11-28-23(27)13-17/h1-13,15H,14,16H2,(H2,27,28)(H,30,31). The molecule has 0 fully saturated rings. The Morgan fingerprint density at radius 3 is 2.48 bits per heavy atom. The number of nitrogens with one attached hydrogen (secondary N) is 1. The number of nitrogens with zero attached hydrogens (tertiary/aromatic N) is 2. The molecular formula is C25H21FN4O3. The first-order valence-corrected chi connectivity index (χ1v) is 10.1. The summed E-state index contributed by atoms with van der Waals surface area (Å²) in [6, 6.07) is 20.0. The molecule has 2 aromatic carbocycles. The molecule has 0 aliphatic heterocycles. The van der Waals surface area contributed by atoms with Gasteiger partial charge in [-0.1, -0.05) is 12.1 Å². The van der Waals surface area contributed by atoms with E-state index in [0.717, 1.165) is 11.1 Å². The Balaban J connectivity index is 1.28. The lowest BCUT2D eigenvalue weighted by atomic mass is 10.2. The van der Waals surface area contributed by atoms with Crippen LogP contribution in [0.3, 0.4) is 0 Å². The zero-order chi connectivity index (χ0) is 23.0. The zero-order valence-electron chi connectivity index (χ0n) is 17.6. The van der Waals surface area contributed by atoms with Gasteiger partial charge in [0.2, 0.25) is 5.88 Å². The molecule has 4 rings (SSSR count). The minimum atomic E-state index is -0.297. The number of benzene rings is 2. The number of ether oxygens (including phenoxy) is 2. The third kappa shape index (κ3) is 6.27. The largest absolute Gasteiger partial charge is 0.489 e. The highest BCUT2D eigenvalue weighted by Gasteiger charge is 2.08. The number of nitrogens with two attached hydrogens (primary N) is 1. The van der Waals surface area contributed by atoms with Crippen molar-refractivity contribution in [1.82, 2.24) is 15.3 Å². The predicted molar refractivity (Wildman–Crippen MR) is 121 cm³/mol. The van der Waals surface area contributed by atoms with Crippen LogP contribution in [-0.2, 0) is 13.2 Å². The second-order valence-corrected chi connectivity index (χ2v) is 7.15. The van der Waals surface area contributed by atoms with E-state index in [1.807, 2.05) is 0 Å². The molecular weight excluding hydrogens is 423 g/mol. The van der Waals surface area contributed by atoms with Crippen LogP contribution in [0.5, 0.6) is 17.4 Å². The maximum Gasteiger partial charge on any atom is 0.253 e. The molecule has 1 amide bonds. The molecule has 7 nitrogen and oxygen atoms in total. The molecule has 0 saturated heterocycles. The number of carbonyl (C=O) groups excluding carboxylic acids is 1. The summed E-state index contributed by atoms with van der Waals surface area (Å²) < 4.78 is 24.6. The molecule has 3 N–H and O–H groups in total. The van der Waals surface area contributed by atoms with Gasteiger partial charge in [0.15, 0.2) is 0 Å². The Kier molecular flexibility index (Phi) is 6.75. The van der Waals surface area contributed by atoms with E-state index in [0.29, 0.717) is 35.3 Å². The van der Waals surface area contributed by atoms with Gasteiger partial charge < -0.3 is 20.5 Å². The van der Waals surface area contributed by atoms with E-state index >= 15 is 0 Å². The summed E-state index contributed by atoms with van der Waals surface area (Å²) in [5.41, 5.74) is 7.65. The van der Waals surface area contributed by atoms with Gasteiger partial charge in [0.25, 0.3) is 5.91 Å². The van der Waals surface area contributed by atoms with Crippen molar-refractivity contribution in [2.75, 3.05) is 5.73 Å². The van der Waals surface area contributed by atoms with Crippen LogP contribution in [0.2, 0.25) is 0 Å². The molecule has 4 aromatic rings. The van der Waals surface area contributed by atoms with Crippen LogP contribution in [0.15, 0.2) is 85.2 Å².